The van der Waals surface area contributed by atoms with Crippen molar-refractivity contribution in [2.45, 2.75) is 38.3 Å². The minimum atomic E-state index is -1.45. The Morgan fingerprint density at radius 2 is 2.07 bits per heavy atom. The van der Waals surface area contributed by atoms with Gasteiger partial charge in [0.1, 0.15) is 0 Å². The lowest BCUT2D eigenvalue weighted by Gasteiger charge is -2.21. The summed E-state index contributed by atoms with van der Waals surface area (Å²) < 4.78 is 0. The maximum atomic E-state index is 11.4. The molecule has 6 nitrogen and oxygen atoms in total. The molecule has 0 heterocycles. The van der Waals surface area contributed by atoms with Crippen LogP contribution < -0.4 is 11.1 Å². The molecular formula is C9H18N2O4. The van der Waals surface area contributed by atoms with E-state index < -0.39 is 17.6 Å². The SMILES string of the molecule is CCC(C)(N)C(=O)NCC[C@H](O)C(=O)O. The van der Waals surface area contributed by atoms with Crippen LogP contribution in [-0.2, 0) is 9.59 Å². The fourth-order valence-electron chi connectivity index (χ4n) is 0.808. The number of amides is 1. The highest BCUT2D eigenvalue weighted by atomic mass is 16.4. The molecule has 0 aromatic carbocycles. The number of carboxylic acid groups (broad SMARTS) is 1. The predicted octanol–water partition coefficient (Wildman–Crippen LogP) is -0.934. The van der Waals surface area contributed by atoms with Crippen molar-refractivity contribution in [3.63, 3.8) is 0 Å². The number of hydrogen-bond acceptors (Lipinski definition) is 4. The molecule has 0 aromatic heterocycles. The number of carboxylic acids is 1. The summed E-state index contributed by atoms with van der Waals surface area (Å²) in [7, 11) is 0. The number of aliphatic hydroxyl groups is 1. The summed E-state index contributed by atoms with van der Waals surface area (Å²) in [5.41, 5.74) is 4.70. The van der Waals surface area contributed by atoms with Gasteiger partial charge in [0, 0.05) is 13.0 Å². The van der Waals surface area contributed by atoms with Crippen LogP contribution in [0.25, 0.3) is 0 Å². The zero-order valence-corrected chi connectivity index (χ0v) is 8.99. The zero-order valence-electron chi connectivity index (χ0n) is 8.99. The van der Waals surface area contributed by atoms with E-state index in [-0.39, 0.29) is 18.9 Å². The minimum Gasteiger partial charge on any atom is -0.479 e. The second kappa shape index (κ2) is 5.67. The van der Waals surface area contributed by atoms with Gasteiger partial charge in [0.15, 0.2) is 6.10 Å². The molecule has 0 saturated carbocycles. The molecule has 15 heavy (non-hydrogen) atoms. The van der Waals surface area contributed by atoms with E-state index in [4.69, 9.17) is 15.9 Å². The summed E-state index contributed by atoms with van der Waals surface area (Å²) in [5, 5.41) is 19.8. The second-order valence-corrected chi connectivity index (χ2v) is 3.67. The first kappa shape index (κ1) is 13.9. The molecule has 0 aromatic rings. The van der Waals surface area contributed by atoms with Crippen molar-refractivity contribution < 1.29 is 19.8 Å². The van der Waals surface area contributed by atoms with Gasteiger partial charge >= 0.3 is 5.97 Å². The smallest absolute Gasteiger partial charge is 0.332 e. The van der Waals surface area contributed by atoms with E-state index in [1.807, 2.05) is 0 Å². The Morgan fingerprint density at radius 3 is 2.47 bits per heavy atom. The lowest BCUT2D eigenvalue weighted by Crippen LogP contribution is -2.51. The minimum absolute atomic E-state index is 0.0269. The summed E-state index contributed by atoms with van der Waals surface area (Å²) >= 11 is 0. The summed E-state index contributed by atoms with van der Waals surface area (Å²) in [5.74, 6) is -1.64. The number of carbonyl (C=O) groups is 2. The highest BCUT2D eigenvalue weighted by Crippen LogP contribution is 2.04. The molecule has 1 unspecified atom stereocenters. The van der Waals surface area contributed by atoms with Crippen LogP contribution in [0.4, 0.5) is 0 Å². The van der Waals surface area contributed by atoms with Crippen molar-refractivity contribution in [2.24, 2.45) is 5.73 Å². The van der Waals surface area contributed by atoms with Gasteiger partial charge in [-0.1, -0.05) is 6.92 Å². The van der Waals surface area contributed by atoms with Crippen molar-refractivity contribution in [3.05, 3.63) is 0 Å². The Balaban J connectivity index is 3.88. The van der Waals surface area contributed by atoms with Crippen molar-refractivity contribution in [3.8, 4) is 0 Å². The molecule has 5 N–H and O–H groups in total. The van der Waals surface area contributed by atoms with E-state index in [1.54, 1.807) is 13.8 Å². The fourth-order valence-corrected chi connectivity index (χ4v) is 0.808. The van der Waals surface area contributed by atoms with E-state index in [9.17, 15) is 9.59 Å². The number of hydrogen-bond donors (Lipinski definition) is 4. The van der Waals surface area contributed by atoms with Crippen LogP contribution in [0, 0.1) is 0 Å². The average molecular weight is 218 g/mol. The summed E-state index contributed by atoms with van der Waals surface area (Å²) in [6, 6.07) is 0. The van der Waals surface area contributed by atoms with Gasteiger partial charge in [-0.15, -0.1) is 0 Å². The van der Waals surface area contributed by atoms with E-state index >= 15 is 0 Å². The molecule has 0 saturated heterocycles. The molecule has 0 aliphatic carbocycles. The summed E-state index contributed by atoms with van der Waals surface area (Å²) in [6.45, 7) is 3.47. The molecular weight excluding hydrogens is 200 g/mol. The molecule has 0 rings (SSSR count). The first-order chi connectivity index (χ1) is 6.81. The van der Waals surface area contributed by atoms with Crippen LogP contribution in [0.2, 0.25) is 0 Å². The molecule has 0 bridgehead atoms. The molecule has 0 radical (unpaired) electrons. The summed E-state index contributed by atoms with van der Waals surface area (Å²) in [6.07, 6.45) is -0.989. The molecule has 88 valence electrons. The third-order valence-corrected chi connectivity index (χ3v) is 2.24. The van der Waals surface area contributed by atoms with Gasteiger partial charge in [0.2, 0.25) is 5.91 Å². The van der Waals surface area contributed by atoms with Crippen molar-refractivity contribution in [1.29, 1.82) is 0 Å². The Labute approximate surface area is 88.5 Å². The van der Waals surface area contributed by atoms with Gasteiger partial charge in [0.05, 0.1) is 5.54 Å². The molecule has 0 spiro atoms. The second-order valence-electron chi connectivity index (χ2n) is 3.67. The average Bonchev–Trinajstić information content (AvgIpc) is 2.17. The number of nitrogens with one attached hydrogen (secondary N) is 1. The molecule has 0 aliphatic heterocycles. The van der Waals surface area contributed by atoms with Crippen LogP contribution in [0.1, 0.15) is 26.7 Å². The Morgan fingerprint density at radius 1 is 1.53 bits per heavy atom. The number of rotatable bonds is 6. The van der Waals surface area contributed by atoms with Crippen molar-refractivity contribution in [1.82, 2.24) is 5.32 Å². The van der Waals surface area contributed by atoms with Gasteiger partial charge in [-0.3, -0.25) is 4.79 Å². The van der Waals surface area contributed by atoms with E-state index in [0.29, 0.717) is 6.42 Å². The molecule has 0 aliphatic rings. The van der Waals surface area contributed by atoms with Crippen molar-refractivity contribution in [2.75, 3.05) is 6.54 Å². The largest absolute Gasteiger partial charge is 0.479 e. The Hall–Kier alpha value is -1.14. The fraction of sp³-hybridized carbons (Fsp3) is 0.778. The normalized spacial score (nSPS) is 16.5. The maximum absolute atomic E-state index is 11.4. The monoisotopic (exact) mass is 218 g/mol. The van der Waals surface area contributed by atoms with E-state index in [0.717, 1.165) is 0 Å². The van der Waals surface area contributed by atoms with Crippen molar-refractivity contribution >= 4 is 11.9 Å². The maximum Gasteiger partial charge on any atom is 0.332 e. The van der Waals surface area contributed by atoms with Crippen LogP contribution >= 0.6 is 0 Å². The first-order valence-corrected chi connectivity index (χ1v) is 4.79. The first-order valence-electron chi connectivity index (χ1n) is 4.79. The quantitative estimate of drug-likeness (QED) is 0.460. The van der Waals surface area contributed by atoms with E-state index in [1.165, 1.54) is 0 Å². The van der Waals surface area contributed by atoms with Crippen LogP contribution in [0.15, 0.2) is 0 Å². The number of aliphatic carboxylic acids is 1. The predicted molar refractivity (Wildman–Crippen MR) is 54.2 cm³/mol. The van der Waals surface area contributed by atoms with E-state index in [2.05, 4.69) is 5.32 Å². The highest BCUT2D eigenvalue weighted by Gasteiger charge is 2.25. The van der Waals surface area contributed by atoms with Gasteiger partial charge in [0.25, 0.3) is 0 Å². The van der Waals surface area contributed by atoms with Crippen LogP contribution in [-0.4, -0.2) is 40.3 Å². The highest BCUT2D eigenvalue weighted by molar-refractivity contribution is 5.85. The number of nitrogens with two attached hydrogens (primary N) is 1. The van der Waals surface area contributed by atoms with Gasteiger partial charge < -0.3 is 21.3 Å². The molecule has 2 atom stereocenters. The van der Waals surface area contributed by atoms with Gasteiger partial charge in [-0.2, -0.15) is 0 Å². The Kier molecular flexibility index (Phi) is 5.24. The lowest BCUT2D eigenvalue weighted by molar-refractivity contribution is -0.147. The third-order valence-electron chi connectivity index (χ3n) is 2.24. The van der Waals surface area contributed by atoms with Crippen LogP contribution in [0.3, 0.4) is 0 Å². The third kappa shape index (κ3) is 4.75. The molecule has 6 heteroatoms. The summed E-state index contributed by atoms with van der Waals surface area (Å²) in [4.78, 5) is 21.6. The van der Waals surface area contributed by atoms with Gasteiger partial charge in [-0.25, -0.2) is 4.79 Å². The number of aliphatic hydroxyl groups excluding tert-OH is 1. The van der Waals surface area contributed by atoms with Gasteiger partial charge in [-0.05, 0) is 13.3 Å². The lowest BCUT2D eigenvalue weighted by atomic mass is 9.99. The molecule has 0 fully saturated rings. The Bertz CT molecular complexity index is 240. The molecule has 1 amide bonds. The number of carbonyl (C=O) groups excluding carboxylic acids is 1. The standard InChI is InChI=1S/C9H18N2O4/c1-3-9(2,10)8(15)11-5-4-6(12)7(13)14/h6,12H,3-5,10H2,1-2H3,(H,11,15)(H,13,14)/t6-,9?/m0/s1. The topological polar surface area (TPSA) is 113 Å². The zero-order chi connectivity index (χ0) is 12.1. The van der Waals surface area contributed by atoms with Crippen LogP contribution in [0.5, 0.6) is 0 Å².